The molecule has 92 valence electrons. The summed E-state index contributed by atoms with van der Waals surface area (Å²) in [5.74, 6) is -2.04. The second-order valence-electron chi connectivity index (χ2n) is 3.33. The molecule has 0 spiro atoms. The molecule has 1 aromatic heterocycles. The molecule has 0 aliphatic rings. The summed E-state index contributed by atoms with van der Waals surface area (Å²) in [6.07, 6.45) is 3.32. The van der Waals surface area contributed by atoms with Gasteiger partial charge >= 0.3 is 5.97 Å². The van der Waals surface area contributed by atoms with Crippen LogP contribution in [0.3, 0.4) is 0 Å². The van der Waals surface area contributed by atoms with Crippen LogP contribution in [-0.4, -0.2) is 16.1 Å². The molecule has 0 saturated carbocycles. The van der Waals surface area contributed by atoms with E-state index < -0.39 is 11.8 Å². The van der Waals surface area contributed by atoms with Gasteiger partial charge < -0.3 is 15.1 Å². The maximum atomic E-state index is 12.9. The van der Waals surface area contributed by atoms with E-state index in [0.29, 0.717) is 4.73 Å². The lowest BCUT2D eigenvalue weighted by Gasteiger charge is -2.08. The van der Waals surface area contributed by atoms with Crippen LogP contribution in [0.2, 0.25) is 0 Å². The summed E-state index contributed by atoms with van der Waals surface area (Å²) in [6.45, 7) is 0. The van der Waals surface area contributed by atoms with Crippen LogP contribution in [0.5, 0.6) is 11.5 Å². The largest absolute Gasteiger partial charge is 0.711 e. The molecule has 0 saturated heterocycles. The lowest BCUT2D eigenvalue weighted by atomic mass is 10.2. The minimum absolute atomic E-state index is 0.0570. The van der Waals surface area contributed by atoms with Crippen molar-refractivity contribution in [3.63, 3.8) is 0 Å². The van der Waals surface area contributed by atoms with E-state index >= 15 is 0 Å². The number of aromatic carboxylic acids is 1. The quantitative estimate of drug-likeness (QED) is 0.656. The topological polar surface area (TPSA) is 86.4 Å². The summed E-state index contributed by atoms with van der Waals surface area (Å²) in [6, 6.07) is 3.06. The molecule has 2 aromatic rings. The zero-order valence-corrected chi connectivity index (χ0v) is 8.91. The molecule has 7 heteroatoms. The predicted molar refractivity (Wildman–Crippen MR) is 56.6 cm³/mol. The van der Waals surface area contributed by atoms with Crippen molar-refractivity contribution in [1.29, 1.82) is 0 Å². The average molecular weight is 250 g/mol. The molecule has 0 unspecified atom stereocenters. The van der Waals surface area contributed by atoms with Gasteiger partial charge in [0, 0.05) is 0 Å². The highest BCUT2D eigenvalue weighted by atomic mass is 19.1. The Labute approximate surface area is 100 Å². The number of aromatic nitrogens is 2. The average Bonchev–Trinajstić information content (AvgIpc) is 2.31. The van der Waals surface area contributed by atoms with E-state index in [0.717, 1.165) is 24.7 Å². The van der Waals surface area contributed by atoms with Gasteiger partial charge in [0.05, 0.1) is 0 Å². The molecule has 0 bridgehead atoms. The summed E-state index contributed by atoms with van der Waals surface area (Å²) < 4.78 is 18.5. The maximum absolute atomic E-state index is 12.9. The molecule has 6 nitrogen and oxygen atoms in total. The zero-order chi connectivity index (χ0) is 13.1. The SMILES string of the molecule is O=C(O)c1cc(F)ccc1Oc1cnc[n+]([O-])c1. The number of carbonyl (C=O) groups is 1. The second-order valence-corrected chi connectivity index (χ2v) is 3.33. The first-order chi connectivity index (χ1) is 8.56. The molecule has 0 atom stereocenters. The van der Waals surface area contributed by atoms with E-state index in [-0.39, 0.29) is 17.1 Å². The van der Waals surface area contributed by atoms with E-state index in [2.05, 4.69) is 4.98 Å². The third kappa shape index (κ3) is 2.51. The van der Waals surface area contributed by atoms with Gasteiger partial charge in [0.2, 0.25) is 5.75 Å². The minimum Gasteiger partial charge on any atom is -0.711 e. The van der Waals surface area contributed by atoms with Crippen LogP contribution in [0, 0.1) is 11.0 Å². The first kappa shape index (κ1) is 11.8. The summed E-state index contributed by atoms with van der Waals surface area (Å²) >= 11 is 0. The van der Waals surface area contributed by atoms with E-state index in [9.17, 15) is 14.4 Å². The smallest absolute Gasteiger partial charge is 0.339 e. The predicted octanol–water partition coefficient (Wildman–Crippen LogP) is 1.34. The number of hydrogen-bond acceptors (Lipinski definition) is 4. The molecular formula is C11H7FN2O4. The molecule has 0 aliphatic heterocycles. The van der Waals surface area contributed by atoms with Crippen LogP contribution in [0.15, 0.2) is 36.9 Å². The van der Waals surface area contributed by atoms with Crippen LogP contribution in [-0.2, 0) is 0 Å². The Morgan fingerprint density at radius 2 is 2.28 bits per heavy atom. The van der Waals surface area contributed by atoms with E-state index in [1.165, 1.54) is 12.3 Å². The summed E-state index contributed by atoms with van der Waals surface area (Å²) in [7, 11) is 0. The lowest BCUT2D eigenvalue weighted by molar-refractivity contribution is -0.609. The van der Waals surface area contributed by atoms with Gasteiger partial charge in [-0.2, -0.15) is 0 Å². The van der Waals surface area contributed by atoms with Gasteiger partial charge in [-0.15, -0.1) is 0 Å². The van der Waals surface area contributed by atoms with Gasteiger partial charge in [0.1, 0.15) is 23.3 Å². The Kier molecular flexibility index (Phi) is 3.05. The van der Waals surface area contributed by atoms with Crippen molar-refractivity contribution in [3.05, 3.63) is 53.5 Å². The Morgan fingerprint density at radius 3 is 2.94 bits per heavy atom. The molecule has 1 heterocycles. The number of rotatable bonds is 3. The Morgan fingerprint density at radius 1 is 1.50 bits per heavy atom. The zero-order valence-electron chi connectivity index (χ0n) is 8.91. The summed E-state index contributed by atoms with van der Waals surface area (Å²) in [4.78, 5) is 14.5. The first-order valence-electron chi connectivity index (χ1n) is 4.81. The molecule has 0 fully saturated rings. The highest BCUT2D eigenvalue weighted by Crippen LogP contribution is 2.24. The molecule has 18 heavy (non-hydrogen) atoms. The van der Waals surface area contributed by atoms with Gasteiger partial charge in [-0.3, -0.25) is 0 Å². The molecule has 0 radical (unpaired) electrons. The van der Waals surface area contributed by atoms with Gasteiger partial charge in [0.25, 0.3) is 6.33 Å². The van der Waals surface area contributed by atoms with Crippen LogP contribution in [0.4, 0.5) is 4.39 Å². The van der Waals surface area contributed by atoms with Crippen LogP contribution >= 0.6 is 0 Å². The molecule has 0 aliphatic carbocycles. The van der Waals surface area contributed by atoms with Gasteiger partial charge in [0.15, 0.2) is 6.20 Å². The third-order valence-electron chi connectivity index (χ3n) is 2.04. The molecule has 1 aromatic carbocycles. The Balaban J connectivity index is 2.37. The van der Waals surface area contributed by atoms with Crippen molar-refractivity contribution in [2.24, 2.45) is 0 Å². The van der Waals surface area contributed by atoms with Crippen LogP contribution in [0.1, 0.15) is 10.4 Å². The number of carboxylic acids is 1. The van der Waals surface area contributed by atoms with Gasteiger partial charge in [-0.05, 0) is 18.2 Å². The Bertz CT molecular complexity index is 603. The Hall–Kier alpha value is -2.70. The number of nitrogens with zero attached hydrogens (tertiary/aromatic N) is 2. The number of hydrogen-bond donors (Lipinski definition) is 1. The van der Waals surface area contributed by atoms with E-state index in [1.54, 1.807) is 0 Å². The van der Waals surface area contributed by atoms with Gasteiger partial charge in [-0.1, -0.05) is 4.98 Å². The highest BCUT2D eigenvalue weighted by Gasteiger charge is 2.14. The normalized spacial score (nSPS) is 10.1. The van der Waals surface area contributed by atoms with E-state index in [1.807, 2.05) is 0 Å². The fourth-order valence-corrected chi connectivity index (χ4v) is 1.30. The summed E-state index contributed by atoms with van der Waals surface area (Å²) in [5, 5.41) is 19.8. The van der Waals surface area contributed by atoms with Crippen molar-refractivity contribution >= 4 is 5.97 Å². The molecule has 2 rings (SSSR count). The monoisotopic (exact) mass is 250 g/mol. The molecule has 0 amide bonds. The fourth-order valence-electron chi connectivity index (χ4n) is 1.30. The summed E-state index contributed by atoms with van der Waals surface area (Å²) in [5.41, 5.74) is -0.337. The maximum Gasteiger partial charge on any atom is 0.339 e. The highest BCUT2D eigenvalue weighted by molar-refractivity contribution is 5.90. The van der Waals surface area contributed by atoms with E-state index in [4.69, 9.17) is 9.84 Å². The molecule has 1 N–H and O–H groups in total. The van der Waals surface area contributed by atoms with Crippen molar-refractivity contribution in [1.82, 2.24) is 4.98 Å². The van der Waals surface area contributed by atoms with Gasteiger partial charge in [-0.25, -0.2) is 13.9 Å². The number of ether oxygens (including phenoxy) is 1. The minimum atomic E-state index is -1.33. The van der Waals surface area contributed by atoms with Crippen molar-refractivity contribution in [3.8, 4) is 11.5 Å². The molecular weight excluding hydrogens is 243 g/mol. The fraction of sp³-hybridized carbons (Fsp3) is 0. The number of halogens is 1. The van der Waals surface area contributed by atoms with Crippen molar-refractivity contribution < 1.29 is 23.8 Å². The van der Waals surface area contributed by atoms with Crippen LogP contribution in [0.25, 0.3) is 0 Å². The first-order valence-corrected chi connectivity index (χ1v) is 4.81. The number of carboxylic acid groups (broad SMARTS) is 1. The van der Waals surface area contributed by atoms with Crippen molar-refractivity contribution in [2.75, 3.05) is 0 Å². The lowest BCUT2D eigenvalue weighted by Crippen LogP contribution is -2.25. The third-order valence-corrected chi connectivity index (χ3v) is 2.04. The van der Waals surface area contributed by atoms with Crippen molar-refractivity contribution in [2.45, 2.75) is 0 Å². The second kappa shape index (κ2) is 4.66. The standard InChI is InChI=1S/C11H7FN2O4/c12-7-1-2-10(9(3-7)11(15)16)18-8-4-13-6-14(17)5-8/h1-6H,(H,15,16). The van der Waals surface area contributed by atoms with Crippen LogP contribution < -0.4 is 9.47 Å². The number of benzene rings is 1.